The molecule has 1 atom stereocenters. The molecule has 42 heavy (non-hydrogen) atoms. The van der Waals surface area contributed by atoms with E-state index >= 15 is 0 Å². The minimum atomic E-state index is -3.31. The van der Waals surface area contributed by atoms with E-state index in [2.05, 4.69) is 5.32 Å². The Morgan fingerprint density at radius 3 is 2.45 bits per heavy atom. The summed E-state index contributed by atoms with van der Waals surface area (Å²) in [6, 6.07) is 9.71. The maximum atomic E-state index is 12.4. The molecule has 1 aliphatic rings. The number of aromatic nitrogens is 1. The lowest BCUT2D eigenvalue weighted by molar-refractivity contribution is -0.118. The van der Waals surface area contributed by atoms with Gasteiger partial charge in [0.05, 0.1) is 17.6 Å². The Balaban J connectivity index is 1.25. The van der Waals surface area contributed by atoms with Gasteiger partial charge in [-0.25, -0.2) is 4.98 Å². The molecule has 0 spiro atoms. The number of thiophene rings is 1. The van der Waals surface area contributed by atoms with Crippen LogP contribution in [0.1, 0.15) is 28.1 Å². The van der Waals surface area contributed by atoms with Gasteiger partial charge in [-0.05, 0) is 73.5 Å². The van der Waals surface area contributed by atoms with E-state index in [0.29, 0.717) is 36.8 Å². The number of imide groups is 1. The molecule has 10 nitrogen and oxygen atoms in total. The number of aryl methyl sites for hydroxylation is 3. The largest absolute Gasteiger partial charge is 0.493 e. The van der Waals surface area contributed by atoms with Crippen LogP contribution in [0, 0.1) is 20.8 Å². The number of thioether (sulfide) groups is 1. The zero-order chi connectivity index (χ0) is 30.0. The molecule has 1 aliphatic heterocycles. The molecule has 1 saturated heterocycles. The highest BCUT2D eigenvalue weighted by atomic mass is 32.2. The van der Waals surface area contributed by atoms with E-state index in [1.807, 2.05) is 56.5 Å². The smallest absolute Gasteiger partial charge is 0.367 e. The number of hydrogen-bond donors (Lipinski definition) is 1. The van der Waals surface area contributed by atoms with E-state index in [9.17, 15) is 14.2 Å². The van der Waals surface area contributed by atoms with Crippen molar-refractivity contribution in [1.29, 1.82) is 0 Å². The number of oxazole rings is 1. The summed E-state index contributed by atoms with van der Waals surface area (Å²) in [4.78, 5) is 28.3. The molecule has 13 heteroatoms. The van der Waals surface area contributed by atoms with Crippen LogP contribution in [0.2, 0.25) is 0 Å². The quantitative estimate of drug-likeness (QED) is 0.167. The fraction of sp³-hybridized carbons (Fsp3) is 0.345. The Labute approximate surface area is 251 Å². The van der Waals surface area contributed by atoms with Crippen molar-refractivity contribution in [2.24, 2.45) is 0 Å². The second-order valence-corrected chi connectivity index (χ2v) is 14.1. The van der Waals surface area contributed by atoms with Crippen LogP contribution in [0.4, 0.5) is 4.79 Å². The van der Waals surface area contributed by atoms with E-state index in [4.69, 9.17) is 27.9 Å². The maximum absolute atomic E-state index is 12.4. The average Bonchev–Trinajstić information content (AvgIpc) is 3.68. The van der Waals surface area contributed by atoms with Gasteiger partial charge in [0.2, 0.25) is 11.8 Å². The predicted molar refractivity (Wildman–Crippen MR) is 163 cm³/mol. The highest BCUT2D eigenvalue weighted by Gasteiger charge is 2.32. The lowest BCUT2D eigenvalue weighted by Crippen LogP contribution is -2.25. The van der Waals surface area contributed by atoms with Crippen molar-refractivity contribution >= 4 is 51.9 Å². The lowest BCUT2D eigenvalue weighted by Gasteiger charge is -2.17. The second-order valence-electron chi connectivity index (χ2n) is 9.78. The van der Waals surface area contributed by atoms with Crippen molar-refractivity contribution in [2.75, 3.05) is 27.2 Å². The van der Waals surface area contributed by atoms with Crippen LogP contribution in [-0.2, 0) is 31.2 Å². The summed E-state index contributed by atoms with van der Waals surface area (Å²) < 4.78 is 41.3. The van der Waals surface area contributed by atoms with Gasteiger partial charge < -0.3 is 22.9 Å². The van der Waals surface area contributed by atoms with Gasteiger partial charge >= 0.3 is 7.60 Å². The molecular formula is C29H31N2O8PS2. The molecule has 2 amide bonds. The van der Waals surface area contributed by atoms with Gasteiger partial charge in [-0.2, -0.15) is 0 Å². The number of benzene rings is 2. The zero-order valence-corrected chi connectivity index (χ0v) is 26.4. The van der Waals surface area contributed by atoms with Crippen molar-refractivity contribution in [3.8, 4) is 23.0 Å². The van der Waals surface area contributed by atoms with Gasteiger partial charge in [-0.15, -0.1) is 11.3 Å². The van der Waals surface area contributed by atoms with Gasteiger partial charge in [0.15, 0.2) is 6.35 Å². The van der Waals surface area contributed by atoms with E-state index in [1.54, 1.807) is 11.3 Å². The summed E-state index contributed by atoms with van der Waals surface area (Å²) >= 11 is 2.62. The third kappa shape index (κ3) is 6.43. The standard InChI is InChI=1S/C29H31N2O8PS2/c1-16-12-20(13-17(2)25(16)38-15-40(34,35-4)36-5)28-30-22(18(3)39-28)8-10-37-23-7-6-19(26-21(23)9-11-41-26)14-24-27(32)31-29(33)42-24/h6-7,9,11-13,24H,8,10,14-15H2,1-5H3,(H,31,32,33). The molecule has 0 bridgehead atoms. The molecule has 3 heterocycles. The molecule has 0 radical (unpaired) electrons. The van der Waals surface area contributed by atoms with Crippen LogP contribution in [0.3, 0.4) is 0 Å². The normalized spacial score (nSPS) is 15.4. The molecule has 5 rings (SSSR count). The fourth-order valence-electron chi connectivity index (χ4n) is 4.77. The Hall–Kier alpha value is -3.15. The summed E-state index contributed by atoms with van der Waals surface area (Å²) in [6.45, 7) is 6.08. The minimum Gasteiger partial charge on any atom is -0.493 e. The first-order valence-corrected chi connectivity index (χ1v) is 16.6. The Kier molecular flexibility index (Phi) is 9.10. The summed E-state index contributed by atoms with van der Waals surface area (Å²) in [5.41, 5.74) is 4.30. The first kappa shape index (κ1) is 30.3. The average molecular weight is 631 g/mol. The van der Waals surface area contributed by atoms with Crippen LogP contribution >= 0.6 is 30.7 Å². The molecule has 222 valence electrons. The predicted octanol–water partition coefficient (Wildman–Crippen LogP) is 6.82. The Morgan fingerprint density at radius 2 is 1.79 bits per heavy atom. The van der Waals surface area contributed by atoms with Crippen molar-refractivity contribution in [3.63, 3.8) is 0 Å². The van der Waals surface area contributed by atoms with E-state index in [-0.39, 0.29) is 17.5 Å². The number of rotatable bonds is 12. The van der Waals surface area contributed by atoms with Gasteiger partial charge in [0, 0.05) is 36.3 Å². The molecule has 2 aromatic heterocycles. The van der Waals surface area contributed by atoms with Crippen molar-refractivity contribution in [2.45, 2.75) is 38.9 Å². The number of fused-ring (bicyclic) bond motifs is 1. The minimum absolute atomic E-state index is 0.193. The number of nitrogens with one attached hydrogen (secondary N) is 1. The van der Waals surface area contributed by atoms with Crippen molar-refractivity contribution in [3.05, 3.63) is 63.9 Å². The third-order valence-corrected chi connectivity index (χ3v) is 10.5. The van der Waals surface area contributed by atoms with E-state index in [1.165, 1.54) is 14.2 Å². The van der Waals surface area contributed by atoms with Crippen LogP contribution in [0.5, 0.6) is 11.5 Å². The van der Waals surface area contributed by atoms with Gasteiger partial charge in [-0.3, -0.25) is 19.5 Å². The SMILES string of the molecule is COP(=O)(COc1c(C)cc(-c2nc(CCOc3ccc(CC4SC(=O)NC4=O)c4sccc34)c(C)o2)cc1C)OC. The molecule has 2 aromatic carbocycles. The fourth-order valence-corrected chi connectivity index (χ4v) is 7.21. The highest BCUT2D eigenvalue weighted by molar-refractivity contribution is 8.15. The van der Waals surface area contributed by atoms with Crippen LogP contribution in [-0.4, -0.2) is 48.6 Å². The first-order valence-electron chi connectivity index (χ1n) is 13.2. The van der Waals surface area contributed by atoms with E-state index < -0.39 is 12.8 Å². The Bertz CT molecular complexity index is 1670. The highest BCUT2D eigenvalue weighted by Crippen LogP contribution is 2.47. The first-order chi connectivity index (χ1) is 20.1. The topological polar surface area (TPSA) is 126 Å². The molecule has 4 aromatic rings. The Morgan fingerprint density at radius 1 is 1.05 bits per heavy atom. The van der Waals surface area contributed by atoms with Gasteiger partial charge in [-0.1, -0.05) is 17.8 Å². The molecule has 1 fully saturated rings. The molecule has 0 aliphatic carbocycles. The molecular weight excluding hydrogens is 599 g/mol. The van der Waals surface area contributed by atoms with Gasteiger partial charge in [0.25, 0.3) is 5.24 Å². The third-order valence-electron chi connectivity index (χ3n) is 6.95. The number of amides is 2. The van der Waals surface area contributed by atoms with Crippen LogP contribution < -0.4 is 14.8 Å². The number of carbonyl (C=O) groups excluding carboxylic acids is 2. The monoisotopic (exact) mass is 630 g/mol. The molecule has 0 saturated carbocycles. The maximum Gasteiger partial charge on any atom is 0.367 e. The summed E-state index contributed by atoms with van der Waals surface area (Å²) in [6.07, 6.45) is 0.835. The van der Waals surface area contributed by atoms with Gasteiger partial charge in [0.1, 0.15) is 17.3 Å². The summed E-state index contributed by atoms with van der Waals surface area (Å²) in [7, 11) is -0.655. The summed E-state index contributed by atoms with van der Waals surface area (Å²) in [5, 5.41) is 4.61. The molecule has 1 unspecified atom stereocenters. The number of hydrogen-bond acceptors (Lipinski definition) is 11. The summed E-state index contributed by atoms with van der Waals surface area (Å²) in [5.74, 6) is 2.33. The van der Waals surface area contributed by atoms with E-state index in [0.717, 1.165) is 55.5 Å². The van der Waals surface area contributed by atoms with Crippen molar-refractivity contribution in [1.82, 2.24) is 10.3 Å². The number of ether oxygens (including phenoxy) is 2. The van der Waals surface area contributed by atoms with Crippen LogP contribution in [0.25, 0.3) is 21.5 Å². The zero-order valence-electron chi connectivity index (χ0n) is 23.8. The lowest BCUT2D eigenvalue weighted by atomic mass is 10.1. The van der Waals surface area contributed by atoms with Crippen LogP contribution in [0.15, 0.2) is 40.1 Å². The second kappa shape index (κ2) is 12.6. The molecule has 1 N–H and O–H groups in total. The number of carbonyl (C=O) groups is 2. The van der Waals surface area contributed by atoms with Crippen molar-refractivity contribution < 1.29 is 37.1 Å². The number of nitrogens with zero attached hydrogens (tertiary/aromatic N) is 1.